The molecule has 0 aliphatic heterocycles. The molecule has 0 saturated carbocycles. The molecule has 0 radical (unpaired) electrons. The Balaban J connectivity index is 3.07. The average molecular weight is 136 g/mol. The van der Waals surface area contributed by atoms with Crippen molar-refractivity contribution in [2.24, 2.45) is 0 Å². The molecule has 0 amide bonds. The number of anilines is 2. The summed E-state index contributed by atoms with van der Waals surface area (Å²) in [5.41, 5.74) is 13.8. The number of hydrogen-bond donors (Lipinski definition) is 2. The Labute approximate surface area is 60.8 Å². The van der Waals surface area contributed by atoms with Gasteiger partial charge in [0.1, 0.15) is 0 Å². The van der Waals surface area contributed by atoms with Gasteiger partial charge in [0.2, 0.25) is 0 Å². The van der Waals surface area contributed by atoms with Crippen molar-refractivity contribution in [2.45, 2.75) is 13.3 Å². The molecule has 0 aliphatic carbocycles. The van der Waals surface area contributed by atoms with Crippen LogP contribution in [0.3, 0.4) is 0 Å². The summed E-state index contributed by atoms with van der Waals surface area (Å²) in [6.07, 6.45) is 0.964. The topological polar surface area (TPSA) is 52.0 Å². The third-order valence-electron chi connectivity index (χ3n) is 1.55. The first-order valence-corrected chi connectivity index (χ1v) is 3.38. The maximum atomic E-state index is 5.65. The lowest BCUT2D eigenvalue weighted by molar-refractivity contribution is 1.15. The lowest BCUT2D eigenvalue weighted by Gasteiger charge is -2.01. The van der Waals surface area contributed by atoms with Gasteiger partial charge in [-0.1, -0.05) is 13.0 Å². The van der Waals surface area contributed by atoms with E-state index in [2.05, 4.69) is 6.92 Å². The molecule has 1 aromatic carbocycles. The summed E-state index contributed by atoms with van der Waals surface area (Å²) >= 11 is 0. The van der Waals surface area contributed by atoms with Crippen LogP contribution < -0.4 is 11.5 Å². The predicted octanol–water partition coefficient (Wildman–Crippen LogP) is 1.41. The first kappa shape index (κ1) is 6.93. The minimum absolute atomic E-state index is 0.731. The van der Waals surface area contributed by atoms with Gasteiger partial charge in [-0.3, -0.25) is 0 Å². The van der Waals surface area contributed by atoms with Crippen molar-refractivity contribution in [3.05, 3.63) is 23.8 Å². The molecule has 0 aliphatic rings. The molecule has 0 bridgehead atoms. The third-order valence-corrected chi connectivity index (χ3v) is 1.55. The molecule has 1 rings (SSSR count). The summed E-state index contributed by atoms with van der Waals surface area (Å²) in [6, 6.07) is 5.62. The molecular formula is C8H12N2. The second kappa shape index (κ2) is 2.60. The summed E-state index contributed by atoms with van der Waals surface area (Å²) in [5.74, 6) is 0. The second-order valence-corrected chi connectivity index (χ2v) is 2.31. The molecule has 4 N–H and O–H groups in total. The van der Waals surface area contributed by atoms with Gasteiger partial charge in [-0.2, -0.15) is 0 Å². The monoisotopic (exact) mass is 136 g/mol. The van der Waals surface area contributed by atoms with E-state index in [1.165, 1.54) is 0 Å². The van der Waals surface area contributed by atoms with E-state index in [-0.39, 0.29) is 0 Å². The van der Waals surface area contributed by atoms with Crippen LogP contribution in [0.4, 0.5) is 11.4 Å². The van der Waals surface area contributed by atoms with Crippen LogP contribution in [0, 0.1) is 0 Å². The van der Waals surface area contributed by atoms with E-state index < -0.39 is 0 Å². The van der Waals surface area contributed by atoms with Crippen LogP contribution in [0.2, 0.25) is 0 Å². The van der Waals surface area contributed by atoms with Gasteiger partial charge < -0.3 is 11.5 Å². The third kappa shape index (κ3) is 1.21. The number of benzene rings is 1. The van der Waals surface area contributed by atoms with Crippen LogP contribution >= 0.6 is 0 Å². The summed E-state index contributed by atoms with van der Waals surface area (Å²) in [4.78, 5) is 0. The van der Waals surface area contributed by atoms with E-state index in [1.807, 2.05) is 12.1 Å². The van der Waals surface area contributed by atoms with Gasteiger partial charge >= 0.3 is 0 Å². The Hall–Kier alpha value is -1.18. The van der Waals surface area contributed by atoms with Crippen LogP contribution in [0.5, 0.6) is 0 Å². The quantitative estimate of drug-likeness (QED) is 0.573. The zero-order chi connectivity index (χ0) is 7.56. The van der Waals surface area contributed by atoms with E-state index in [0.717, 1.165) is 23.4 Å². The Morgan fingerprint density at radius 1 is 1.30 bits per heavy atom. The van der Waals surface area contributed by atoms with Crippen LogP contribution in [0.15, 0.2) is 18.2 Å². The van der Waals surface area contributed by atoms with Crippen molar-refractivity contribution in [3.8, 4) is 0 Å². The first-order valence-electron chi connectivity index (χ1n) is 3.38. The van der Waals surface area contributed by atoms with Crippen molar-refractivity contribution in [3.63, 3.8) is 0 Å². The minimum Gasteiger partial charge on any atom is -0.399 e. The van der Waals surface area contributed by atoms with Crippen molar-refractivity contribution < 1.29 is 0 Å². The smallest absolute Gasteiger partial charge is 0.0367 e. The molecule has 54 valence electrons. The number of nitrogen functional groups attached to an aromatic ring is 2. The van der Waals surface area contributed by atoms with E-state index in [1.54, 1.807) is 6.07 Å². The highest BCUT2D eigenvalue weighted by Crippen LogP contribution is 2.15. The fourth-order valence-electron chi connectivity index (χ4n) is 0.935. The van der Waals surface area contributed by atoms with Crippen molar-refractivity contribution in [1.82, 2.24) is 0 Å². The highest BCUT2D eigenvalue weighted by Gasteiger charge is 1.94. The highest BCUT2D eigenvalue weighted by molar-refractivity contribution is 5.56. The van der Waals surface area contributed by atoms with Crippen LogP contribution in [-0.4, -0.2) is 0 Å². The SMILES string of the molecule is CCc1ccc(N)cc1N. The molecule has 0 spiro atoms. The van der Waals surface area contributed by atoms with Crippen molar-refractivity contribution >= 4 is 11.4 Å². The largest absolute Gasteiger partial charge is 0.399 e. The average Bonchev–Trinajstić information content (AvgIpc) is 1.88. The molecular weight excluding hydrogens is 124 g/mol. The van der Waals surface area contributed by atoms with Gasteiger partial charge in [-0.05, 0) is 24.1 Å². The molecule has 1 aromatic rings. The second-order valence-electron chi connectivity index (χ2n) is 2.31. The van der Waals surface area contributed by atoms with Crippen molar-refractivity contribution in [2.75, 3.05) is 11.5 Å². The van der Waals surface area contributed by atoms with Crippen molar-refractivity contribution in [1.29, 1.82) is 0 Å². The Morgan fingerprint density at radius 3 is 2.50 bits per heavy atom. The predicted molar refractivity (Wildman–Crippen MR) is 44.6 cm³/mol. The van der Waals surface area contributed by atoms with Crippen LogP contribution in [-0.2, 0) is 6.42 Å². The van der Waals surface area contributed by atoms with E-state index >= 15 is 0 Å². The molecule has 0 aromatic heterocycles. The molecule has 2 heteroatoms. The standard InChI is InChI=1S/C8H12N2/c1-2-6-3-4-7(9)5-8(6)10/h3-5H,2,9-10H2,1H3. The molecule has 0 fully saturated rings. The fourth-order valence-corrected chi connectivity index (χ4v) is 0.935. The number of hydrogen-bond acceptors (Lipinski definition) is 2. The highest BCUT2D eigenvalue weighted by atomic mass is 14.6. The van der Waals surface area contributed by atoms with Gasteiger partial charge in [0, 0.05) is 11.4 Å². The van der Waals surface area contributed by atoms with E-state index in [4.69, 9.17) is 11.5 Å². The summed E-state index contributed by atoms with van der Waals surface area (Å²) in [5, 5.41) is 0. The normalized spacial score (nSPS) is 9.70. The maximum absolute atomic E-state index is 5.65. The van der Waals surface area contributed by atoms with Gasteiger partial charge in [-0.15, -0.1) is 0 Å². The number of rotatable bonds is 1. The zero-order valence-corrected chi connectivity index (χ0v) is 6.09. The van der Waals surface area contributed by atoms with Gasteiger partial charge in [0.05, 0.1) is 0 Å². The minimum atomic E-state index is 0.731. The molecule has 0 heterocycles. The summed E-state index contributed by atoms with van der Waals surface area (Å²) in [7, 11) is 0. The molecule has 0 unspecified atom stereocenters. The Morgan fingerprint density at radius 2 is 2.00 bits per heavy atom. The lowest BCUT2D eigenvalue weighted by Crippen LogP contribution is -1.94. The summed E-state index contributed by atoms with van der Waals surface area (Å²) < 4.78 is 0. The molecule has 0 atom stereocenters. The number of nitrogens with two attached hydrogens (primary N) is 2. The van der Waals surface area contributed by atoms with Crippen LogP contribution in [0.1, 0.15) is 12.5 Å². The Kier molecular flexibility index (Phi) is 1.81. The molecule has 10 heavy (non-hydrogen) atoms. The van der Waals surface area contributed by atoms with E-state index in [0.29, 0.717) is 0 Å². The number of aryl methyl sites for hydroxylation is 1. The molecule has 0 saturated heterocycles. The Bertz CT molecular complexity index is 231. The first-order chi connectivity index (χ1) is 4.74. The van der Waals surface area contributed by atoms with Gasteiger partial charge in [-0.25, -0.2) is 0 Å². The summed E-state index contributed by atoms with van der Waals surface area (Å²) in [6.45, 7) is 2.07. The fraction of sp³-hybridized carbons (Fsp3) is 0.250. The lowest BCUT2D eigenvalue weighted by atomic mass is 10.1. The maximum Gasteiger partial charge on any atom is 0.0367 e. The van der Waals surface area contributed by atoms with Gasteiger partial charge in [0.15, 0.2) is 0 Å². The molecule has 2 nitrogen and oxygen atoms in total. The van der Waals surface area contributed by atoms with Gasteiger partial charge in [0.25, 0.3) is 0 Å². The zero-order valence-electron chi connectivity index (χ0n) is 6.09. The van der Waals surface area contributed by atoms with E-state index in [9.17, 15) is 0 Å². The van der Waals surface area contributed by atoms with Crippen LogP contribution in [0.25, 0.3) is 0 Å².